The summed E-state index contributed by atoms with van der Waals surface area (Å²) >= 11 is 0. The summed E-state index contributed by atoms with van der Waals surface area (Å²) in [7, 11) is 1.59. The zero-order valence-corrected chi connectivity index (χ0v) is 13.1. The fraction of sp³-hybridized carbons (Fsp3) is 0.625. The lowest BCUT2D eigenvalue weighted by atomic mass is 9.74. The minimum absolute atomic E-state index is 0.104. The second-order valence-electron chi connectivity index (χ2n) is 6.16. The zero-order chi connectivity index (χ0) is 15.3. The van der Waals surface area contributed by atoms with E-state index in [9.17, 15) is 4.79 Å². The van der Waals surface area contributed by atoms with Gasteiger partial charge in [0.05, 0.1) is 7.11 Å². The van der Waals surface area contributed by atoms with Crippen LogP contribution in [-0.2, 0) is 11.3 Å². The molecule has 116 valence electrons. The molecule has 0 radical (unpaired) electrons. The number of nitrogens with zero attached hydrogens (tertiary/aromatic N) is 1. The van der Waals surface area contributed by atoms with Gasteiger partial charge in [-0.3, -0.25) is 4.79 Å². The van der Waals surface area contributed by atoms with E-state index in [4.69, 9.17) is 4.74 Å². The lowest BCUT2D eigenvalue weighted by Gasteiger charge is -2.36. The lowest BCUT2D eigenvalue weighted by molar-refractivity contribution is -0.132. The van der Waals surface area contributed by atoms with Gasteiger partial charge in [0.25, 0.3) is 0 Å². The maximum Gasteiger partial charge on any atom is 0.226 e. The first-order valence-corrected chi connectivity index (χ1v) is 7.52. The summed E-state index contributed by atoms with van der Waals surface area (Å²) in [6, 6.07) is 3.72. The molecule has 1 aliphatic rings. The summed E-state index contributed by atoms with van der Waals surface area (Å²) < 4.78 is 5.02. The molecule has 0 aliphatic carbocycles. The van der Waals surface area contributed by atoms with Gasteiger partial charge in [-0.05, 0) is 37.4 Å². The van der Waals surface area contributed by atoms with Gasteiger partial charge in [0.1, 0.15) is 0 Å². The molecule has 1 unspecified atom stereocenters. The SMILES string of the molecule is COc1ccc(CNC(=O)C(C)(C)C2CCCNC2)cn1. The van der Waals surface area contributed by atoms with E-state index in [1.54, 1.807) is 19.4 Å². The van der Waals surface area contributed by atoms with E-state index in [-0.39, 0.29) is 11.3 Å². The van der Waals surface area contributed by atoms with Crippen molar-refractivity contribution in [2.75, 3.05) is 20.2 Å². The van der Waals surface area contributed by atoms with Crippen molar-refractivity contribution in [3.63, 3.8) is 0 Å². The molecule has 21 heavy (non-hydrogen) atoms. The highest BCUT2D eigenvalue weighted by Gasteiger charge is 2.36. The Balaban J connectivity index is 1.90. The fourth-order valence-electron chi connectivity index (χ4n) is 2.70. The Morgan fingerprint density at radius 3 is 2.90 bits per heavy atom. The van der Waals surface area contributed by atoms with Crippen LogP contribution in [0.25, 0.3) is 0 Å². The van der Waals surface area contributed by atoms with E-state index in [2.05, 4.69) is 15.6 Å². The average Bonchev–Trinajstić information content (AvgIpc) is 2.53. The first-order valence-electron chi connectivity index (χ1n) is 7.52. The van der Waals surface area contributed by atoms with Crippen LogP contribution >= 0.6 is 0 Å². The van der Waals surface area contributed by atoms with Gasteiger partial charge in [0.2, 0.25) is 11.8 Å². The molecular weight excluding hydrogens is 266 g/mol. The Morgan fingerprint density at radius 1 is 1.52 bits per heavy atom. The van der Waals surface area contributed by atoms with E-state index in [1.807, 2.05) is 19.9 Å². The number of methoxy groups -OCH3 is 1. The number of piperidine rings is 1. The molecule has 1 atom stereocenters. The van der Waals surface area contributed by atoms with Crippen molar-refractivity contribution in [3.8, 4) is 5.88 Å². The molecule has 1 aromatic rings. The van der Waals surface area contributed by atoms with Crippen molar-refractivity contribution in [2.45, 2.75) is 33.2 Å². The second-order valence-corrected chi connectivity index (χ2v) is 6.16. The number of ether oxygens (including phenoxy) is 1. The van der Waals surface area contributed by atoms with E-state index >= 15 is 0 Å². The zero-order valence-electron chi connectivity index (χ0n) is 13.1. The quantitative estimate of drug-likeness (QED) is 0.867. The van der Waals surface area contributed by atoms with Crippen LogP contribution in [0.3, 0.4) is 0 Å². The number of hydrogen-bond acceptors (Lipinski definition) is 4. The van der Waals surface area contributed by atoms with Crippen LogP contribution in [-0.4, -0.2) is 31.1 Å². The van der Waals surface area contributed by atoms with Gasteiger partial charge in [-0.25, -0.2) is 4.98 Å². The number of carbonyl (C=O) groups excluding carboxylic acids is 1. The molecule has 5 nitrogen and oxygen atoms in total. The molecule has 2 heterocycles. The topological polar surface area (TPSA) is 63.2 Å². The third kappa shape index (κ3) is 3.94. The largest absolute Gasteiger partial charge is 0.481 e. The van der Waals surface area contributed by atoms with Crippen LogP contribution < -0.4 is 15.4 Å². The summed E-state index contributed by atoms with van der Waals surface area (Å²) in [5.41, 5.74) is 0.620. The molecule has 1 fully saturated rings. The third-order valence-electron chi connectivity index (χ3n) is 4.36. The number of carbonyl (C=O) groups is 1. The van der Waals surface area contributed by atoms with Gasteiger partial charge < -0.3 is 15.4 Å². The van der Waals surface area contributed by atoms with Crippen LogP contribution in [0.15, 0.2) is 18.3 Å². The molecule has 1 aliphatic heterocycles. The van der Waals surface area contributed by atoms with E-state index < -0.39 is 0 Å². The predicted octanol–water partition coefficient (Wildman–Crippen LogP) is 1.73. The van der Waals surface area contributed by atoms with Crippen molar-refractivity contribution in [1.82, 2.24) is 15.6 Å². The molecule has 0 spiro atoms. The minimum Gasteiger partial charge on any atom is -0.481 e. The van der Waals surface area contributed by atoms with Gasteiger partial charge in [-0.2, -0.15) is 0 Å². The lowest BCUT2D eigenvalue weighted by Crippen LogP contribution is -2.47. The maximum atomic E-state index is 12.5. The summed E-state index contributed by atoms with van der Waals surface area (Å²) in [5, 5.41) is 6.40. The van der Waals surface area contributed by atoms with Crippen molar-refractivity contribution in [3.05, 3.63) is 23.9 Å². The average molecular weight is 291 g/mol. The Bertz CT molecular complexity index is 465. The van der Waals surface area contributed by atoms with Crippen LogP contribution in [0, 0.1) is 11.3 Å². The summed E-state index contributed by atoms with van der Waals surface area (Å²) in [6.45, 7) is 6.55. The summed E-state index contributed by atoms with van der Waals surface area (Å²) in [6.07, 6.45) is 3.98. The fourth-order valence-corrected chi connectivity index (χ4v) is 2.70. The van der Waals surface area contributed by atoms with E-state index in [0.717, 1.165) is 31.5 Å². The molecule has 1 aromatic heterocycles. The summed E-state index contributed by atoms with van der Waals surface area (Å²) in [4.78, 5) is 16.6. The van der Waals surface area contributed by atoms with E-state index in [1.165, 1.54) is 0 Å². The molecule has 1 amide bonds. The number of amides is 1. The summed E-state index contributed by atoms with van der Waals surface area (Å²) in [5.74, 6) is 1.07. The van der Waals surface area contributed by atoms with Crippen molar-refractivity contribution in [1.29, 1.82) is 0 Å². The highest BCUT2D eigenvalue weighted by Crippen LogP contribution is 2.31. The normalized spacial score (nSPS) is 19.1. The molecule has 0 saturated carbocycles. The number of pyridine rings is 1. The predicted molar refractivity (Wildman–Crippen MR) is 82.0 cm³/mol. The molecular formula is C16H25N3O2. The van der Waals surface area contributed by atoms with Gasteiger partial charge in [-0.1, -0.05) is 19.9 Å². The van der Waals surface area contributed by atoms with Crippen LogP contribution in [0.1, 0.15) is 32.3 Å². The Morgan fingerprint density at radius 2 is 2.33 bits per heavy atom. The number of rotatable bonds is 5. The second kappa shape index (κ2) is 6.89. The smallest absolute Gasteiger partial charge is 0.226 e. The Labute approximate surface area is 126 Å². The Hall–Kier alpha value is -1.62. The van der Waals surface area contributed by atoms with Crippen molar-refractivity contribution < 1.29 is 9.53 Å². The van der Waals surface area contributed by atoms with Crippen LogP contribution in [0.2, 0.25) is 0 Å². The first-order chi connectivity index (χ1) is 10.0. The van der Waals surface area contributed by atoms with Crippen LogP contribution in [0.4, 0.5) is 0 Å². The molecule has 0 bridgehead atoms. The molecule has 2 rings (SSSR count). The molecule has 5 heteroatoms. The number of aromatic nitrogens is 1. The minimum atomic E-state index is -0.354. The molecule has 0 aromatic carbocycles. The van der Waals surface area contributed by atoms with Gasteiger partial charge in [-0.15, -0.1) is 0 Å². The van der Waals surface area contributed by atoms with Gasteiger partial charge in [0.15, 0.2) is 0 Å². The standard InChI is InChI=1S/C16H25N3O2/c1-16(2,13-5-4-8-17-11-13)15(20)19-10-12-6-7-14(21-3)18-9-12/h6-7,9,13,17H,4-5,8,10-11H2,1-3H3,(H,19,20). The monoisotopic (exact) mass is 291 g/mol. The third-order valence-corrected chi connectivity index (χ3v) is 4.36. The maximum absolute atomic E-state index is 12.5. The van der Waals surface area contributed by atoms with Gasteiger partial charge >= 0.3 is 0 Å². The van der Waals surface area contributed by atoms with E-state index in [0.29, 0.717) is 18.3 Å². The number of hydrogen-bond donors (Lipinski definition) is 2. The Kier molecular flexibility index (Phi) is 5.17. The first kappa shape index (κ1) is 15.8. The van der Waals surface area contributed by atoms with Crippen molar-refractivity contribution >= 4 is 5.91 Å². The molecule has 2 N–H and O–H groups in total. The van der Waals surface area contributed by atoms with Crippen molar-refractivity contribution in [2.24, 2.45) is 11.3 Å². The molecule has 1 saturated heterocycles. The number of nitrogens with one attached hydrogen (secondary N) is 2. The van der Waals surface area contributed by atoms with Gasteiger partial charge in [0, 0.05) is 24.2 Å². The van der Waals surface area contributed by atoms with Crippen LogP contribution in [0.5, 0.6) is 5.88 Å². The highest BCUT2D eigenvalue weighted by molar-refractivity contribution is 5.82. The highest BCUT2D eigenvalue weighted by atomic mass is 16.5.